The lowest BCUT2D eigenvalue weighted by molar-refractivity contribution is -0.385. The SMILES string of the molecule is Cc1ccc(S(=O)(=O)Oc2ccc(/C=C3\SC(=O)N(CCc4ccccc4)C3=O)cc2)cc1[N+](=O)[O-]. The summed E-state index contributed by atoms with van der Waals surface area (Å²) in [4.78, 5) is 36.6. The van der Waals surface area contributed by atoms with Crippen LogP contribution in [0.3, 0.4) is 0 Å². The molecular formula is C25H20N2O7S2. The summed E-state index contributed by atoms with van der Waals surface area (Å²) in [6.07, 6.45) is 2.10. The third kappa shape index (κ3) is 5.64. The van der Waals surface area contributed by atoms with Crippen LogP contribution in [0.25, 0.3) is 6.08 Å². The van der Waals surface area contributed by atoms with E-state index in [4.69, 9.17) is 4.18 Å². The maximum atomic E-state index is 12.7. The van der Waals surface area contributed by atoms with Gasteiger partial charge in [-0.2, -0.15) is 8.42 Å². The van der Waals surface area contributed by atoms with Gasteiger partial charge in [-0.05, 0) is 60.5 Å². The van der Waals surface area contributed by atoms with Crippen LogP contribution in [0.15, 0.2) is 82.6 Å². The molecule has 1 aliphatic heterocycles. The molecule has 1 saturated heterocycles. The average molecular weight is 525 g/mol. The number of carbonyl (C=O) groups is 2. The summed E-state index contributed by atoms with van der Waals surface area (Å²) in [6.45, 7) is 1.78. The zero-order valence-corrected chi connectivity index (χ0v) is 20.6. The van der Waals surface area contributed by atoms with Crippen molar-refractivity contribution in [1.29, 1.82) is 0 Å². The van der Waals surface area contributed by atoms with Crippen LogP contribution in [0.1, 0.15) is 16.7 Å². The number of carbonyl (C=O) groups excluding carboxylic acids is 2. The van der Waals surface area contributed by atoms with Gasteiger partial charge in [0.1, 0.15) is 10.6 Å². The number of imide groups is 1. The standard InChI is InChI=1S/C25H20N2O7S2/c1-17-7-12-21(16-22(17)27(30)31)36(32,33)34-20-10-8-19(9-11-20)15-23-24(28)26(25(29)35-23)14-13-18-5-3-2-4-6-18/h2-12,15-16H,13-14H2,1H3/b23-15-. The Morgan fingerprint density at radius 1 is 1.03 bits per heavy atom. The number of amides is 2. The van der Waals surface area contributed by atoms with Crippen molar-refractivity contribution in [1.82, 2.24) is 4.90 Å². The van der Waals surface area contributed by atoms with Gasteiger partial charge < -0.3 is 4.18 Å². The fourth-order valence-corrected chi connectivity index (χ4v) is 5.28. The van der Waals surface area contributed by atoms with Crippen molar-refractivity contribution in [2.24, 2.45) is 0 Å². The molecule has 1 fully saturated rings. The second kappa shape index (κ2) is 10.3. The minimum atomic E-state index is -4.30. The maximum absolute atomic E-state index is 12.7. The molecule has 3 aromatic rings. The van der Waals surface area contributed by atoms with E-state index in [1.54, 1.807) is 18.2 Å². The molecule has 0 radical (unpaired) electrons. The van der Waals surface area contributed by atoms with Gasteiger partial charge in [-0.3, -0.25) is 24.6 Å². The van der Waals surface area contributed by atoms with Crippen LogP contribution >= 0.6 is 11.8 Å². The molecule has 3 aromatic carbocycles. The maximum Gasteiger partial charge on any atom is 0.339 e. The Labute approximate surface area is 211 Å². The van der Waals surface area contributed by atoms with Gasteiger partial charge in [-0.1, -0.05) is 48.5 Å². The fraction of sp³-hybridized carbons (Fsp3) is 0.120. The van der Waals surface area contributed by atoms with E-state index in [1.165, 1.54) is 36.1 Å². The second-order valence-electron chi connectivity index (χ2n) is 7.88. The van der Waals surface area contributed by atoms with Crippen molar-refractivity contribution in [2.45, 2.75) is 18.2 Å². The van der Waals surface area contributed by atoms with Gasteiger partial charge in [0.05, 0.1) is 9.83 Å². The number of nitro groups is 1. The Bertz CT molecular complexity index is 1470. The highest BCUT2D eigenvalue weighted by Crippen LogP contribution is 2.33. The lowest BCUT2D eigenvalue weighted by Crippen LogP contribution is -2.30. The van der Waals surface area contributed by atoms with Crippen LogP contribution in [-0.4, -0.2) is 35.9 Å². The van der Waals surface area contributed by atoms with Crippen molar-refractivity contribution in [3.05, 3.63) is 105 Å². The Hall–Kier alpha value is -3.96. The minimum Gasteiger partial charge on any atom is -0.379 e. The Morgan fingerprint density at radius 3 is 2.39 bits per heavy atom. The number of rotatable bonds is 8. The molecule has 9 nitrogen and oxygen atoms in total. The first kappa shape index (κ1) is 25.1. The van der Waals surface area contributed by atoms with Gasteiger partial charge in [0.2, 0.25) is 0 Å². The van der Waals surface area contributed by atoms with E-state index in [1.807, 2.05) is 30.3 Å². The predicted molar refractivity (Wildman–Crippen MR) is 135 cm³/mol. The van der Waals surface area contributed by atoms with Gasteiger partial charge in [-0.15, -0.1) is 0 Å². The molecule has 0 bridgehead atoms. The number of benzene rings is 3. The monoisotopic (exact) mass is 524 g/mol. The predicted octanol–water partition coefficient (Wildman–Crippen LogP) is 4.95. The lowest BCUT2D eigenvalue weighted by atomic mass is 10.1. The average Bonchev–Trinajstić information content (AvgIpc) is 3.11. The summed E-state index contributed by atoms with van der Waals surface area (Å²) < 4.78 is 30.3. The highest BCUT2D eigenvalue weighted by Gasteiger charge is 2.34. The largest absolute Gasteiger partial charge is 0.379 e. The second-order valence-corrected chi connectivity index (χ2v) is 10.4. The summed E-state index contributed by atoms with van der Waals surface area (Å²) in [7, 11) is -4.30. The Balaban J connectivity index is 1.44. The third-order valence-corrected chi connectivity index (χ3v) is 7.54. The molecule has 0 unspecified atom stereocenters. The molecule has 1 heterocycles. The topological polar surface area (TPSA) is 124 Å². The van der Waals surface area contributed by atoms with E-state index < -0.39 is 15.0 Å². The summed E-state index contributed by atoms with van der Waals surface area (Å²) in [5, 5.41) is 10.8. The normalized spacial score (nSPS) is 14.9. The van der Waals surface area contributed by atoms with Crippen molar-refractivity contribution in [3.8, 4) is 5.75 Å². The van der Waals surface area contributed by atoms with E-state index in [-0.39, 0.29) is 38.9 Å². The number of thioether (sulfide) groups is 1. The summed E-state index contributed by atoms with van der Waals surface area (Å²) in [5.41, 5.74) is 1.59. The summed E-state index contributed by atoms with van der Waals surface area (Å²) in [5.74, 6) is -0.392. The van der Waals surface area contributed by atoms with E-state index in [9.17, 15) is 28.1 Å². The Morgan fingerprint density at radius 2 is 1.72 bits per heavy atom. The van der Waals surface area contributed by atoms with Gasteiger partial charge in [0.25, 0.3) is 16.8 Å². The smallest absolute Gasteiger partial charge is 0.339 e. The lowest BCUT2D eigenvalue weighted by Gasteiger charge is -2.12. The molecule has 36 heavy (non-hydrogen) atoms. The molecule has 0 N–H and O–H groups in total. The molecule has 4 rings (SSSR count). The molecule has 0 atom stereocenters. The highest BCUT2D eigenvalue weighted by atomic mass is 32.2. The van der Waals surface area contributed by atoms with Crippen LogP contribution < -0.4 is 4.18 Å². The number of hydrogen-bond donors (Lipinski definition) is 0. The van der Waals surface area contributed by atoms with E-state index in [0.717, 1.165) is 23.4 Å². The zero-order chi connectivity index (χ0) is 25.9. The van der Waals surface area contributed by atoms with Crippen molar-refractivity contribution >= 4 is 44.8 Å². The molecule has 0 saturated carbocycles. The van der Waals surface area contributed by atoms with Crippen molar-refractivity contribution in [2.75, 3.05) is 6.54 Å². The number of aryl methyl sites for hydroxylation is 1. The number of nitrogens with zero attached hydrogens (tertiary/aromatic N) is 2. The molecule has 11 heteroatoms. The molecule has 0 aromatic heterocycles. The van der Waals surface area contributed by atoms with Crippen LogP contribution in [0.2, 0.25) is 0 Å². The first-order valence-corrected chi connectivity index (χ1v) is 13.0. The van der Waals surface area contributed by atoms with E-state index in [0.29, 0.717) is 17.5 Å². The van der Waals surface area contributed by atoms with Crippen LogP contribution in [0.5, 0.6) is 5.75 Å². The third-order valence-electron chi connectivity index (χ3n) is 5.39. The minimum absolute atomic E-state index is 0.00802. The molecule has 0 aliphatic carbocycles. The molecule has 2 amide bonds. The molecule has 0 spiro atoms. The van der Waals surface area contributed by atoms with Crippen molar-refractivity contribution < 1.29 is 27.1 Å². The van der Waals surface area contributed by atoms with Crippen LogP contribution in [-0.2, 0) is 21.3 Å². The van der Waals surface area contributed by atoms with Crippen LogP contribution in [0.4, 0.5) is 10.5 Å². The van der Waals surface area contributed by atoms with Crippen molar-refractivity contribution in [3.63, 3.8) is 0 Å². The van der Waals surface area contributed by atoms with Crippen LogP contribution in [0, 0.1) is 17.0 Å². The van der Waals surface area contributed by atoms with Gasteiger partial charge >= 0.3 is 10.1 Å². The number of hydrogen-bond acceptors (Lipinski definition) is 8. The number of nitro benzene ring substituents is 1. The summed E-state index contributed by atoms with van der Waals surface area (Å²) in [6, 6.07) is 18.9. The molecular weight excluding hydrogens is 504 g/mol. The van der Waals surface area contributed by atoms with E-state index in [2.05, 4.69) is 0 Å². The zero-order valence-electron chi connectivity index (χ0n) is 19.0. The fourth-order valence-electron chi connectivity index (χ4n) is 3.47. The molecule has 184 valence electrons. The van der Waals surface area contributed by atoms with Gasteiger partial charge in [0.15, 0.2) is 0 Å². The van der Waals surface area contributed by atoms with Gasteiger partial charge in [0, 0.05) is 18.2 Å². The van der Waals surface area contributed by atoms with E-state index >= 15 is 0 Å². The first-order chi connectivity index (χ1) is 17.1. The first-order valence-electron chi connectivity index (χ1n) is 10.7. The van der Waals surface area contributed by atoms with Gasteiger partial charge in [-0.25, -0.2) is 0 Å². The molecule has 1 aliphatic rings. The quantitative estimate of drug-likeness (QED) is 0.175. The highest BCUT2D eigenvalue weighted by molar-refractivity contribution is 8.18. The summed E-state index contributed by atoms with van der Waals surface area (Å²) >= 11 is 0.844. The Kier molecular flexibility index (Phi) is 7.22.